The van der Waals surface area contributed by atoms with Gasteiger partial charge < -0.3 is 4.74 Å². The van der Waals surface area contributed by atoms with E-state index in [2.05, 4.69) is 4.98 Å². The minimum Gasteiger partial charge on any atom is -0.461 e. The highest BCUT2D eigenvalue weighted by Gasteiger charge is 2.03. The summed E-state index contributed by atoms with van der Waals surface area (Å²) in [5.41, 5.74) is 1.81. The predicted octanol–water partition coefficient (Wildman–Crippen LogP) is 2.88. The largest absolute Gasteiger partial charge is 0.461 e. The average molecular weight is 253 g/mol. The van der Waals surface area contributed by atoms with Crippen molar-refractivity contribution in [3.05, 3.63) is 72.1 Å². The van der Waals surface area contributed by atoms with Crippen molar-refractivity contribution in [2.24, 2.45) is 0 Å². The van der Waals surface area contributed by atoms with E-state index in [0.29, 0.717) is 0 Å². The van der Waals surface area contributed by atoms with Gasteiger partial charge in [-0.05, 0) is 23.8 Å². The molecule has 0 saturated carbocycles. The Hall–Kier alpha value is -2.42. The molecule has 0 amide bonds. The highest BCUT2D eigenvalue weighted by Crippen LogP contribution is 2.01. The van der Waals surface area contributed by atoms with Gasteiger partial charge in [-0.25, -0.2) is 0 Å². The number of aromatic nitrogens is 1. The number of ether oxygens (including phenoxy) is 1. The van der Waals surface area contributed by atoms with Crippen LogP contribution in [0.2, 0.25) is 0 Å². The molecule has 0 fully saturated rings. The molecule has 19 heavy (non-hydrogen) atoms. The number of pyridine rings is 1. The predicted molar refractivity (Wildman–Crippen MR) is 74.4 cm³/mol. The third kappa shape index (κ3) is 4.76. The molecule has 1 aromatic heterocycles. The number of rotatable bonds is 5. The highest BCUT2D eigenvalue weighted by molar-refractivity contribution is 5.72. The Labute approximate surface area is 112 Å². The summed E-state index contributed by atoms with van der Waals surface area (Å²) in [7, 11) is 0. The molecule has 0 saturated heterocycles. The number of carbonyl (C=O) groups is 1. The number of esters is 1. The van der Waals surface area contributed by atoms with Gasteiger partial charge in [0.1, 0.15) is 6.61 Å². The van der Waals surface area contributed by atoms with Crippen molar-refractivity contribution in [1.29, 1.82) is 0 Å². The summed E-state index contributed by atoms with van der Waals surface area (Å²) in [6.07, 6.45) is 5.62. The van der Waals surface area contributed by atoms with Crippen molar-refractivity contribution >= 4 is 12.0 Å². The van der Waals surface area contributed by atoms with Gasteiger partial charge in [0.15, 0.2) is 0 Å². The van der Waals surface area contributed by atoms with E-state index in [1.54, 1.807) is 12.3 Å². The van der Waals surface area contributed by atoms with Crippen molar-refractivity contribution in [1.82, 2.24) is 4.98 Å². The first-order chi connectivity index (χ1) is 9.34. The van der Waals surface area contributed by atoms with Gasteiger partial charge in [-0.2, -0.15) is 0 Å². The number of benzene rings is 1. The van der Waals surface area contributed by atoms with E-state index in [4.69, 9.17) is 4.74 Å². The molecule has 0 unspecified atom stereocenters. The summed E-state index contributed by atoms with van der Waals surface area (Å²) < 4.78 is 5.10. The third-order valence-corrected chi connectivity index (χ3v) is 2.50. The van der Waals surface area contributed by atoms with E-state index in [9.17, 15) is 4.79 Å². The fourth-order valence-electron chi connectivity index (χ4n) is 1.59. The quantitative estimate of drug-likeness (QED) is 0.769. The van der Waals surface area contributed by atoms with E-state index in [1.165, 1.54) is 0 Å². The highest BCUT2D eigenvalue weighted by atomic mass is 16.5. The normalized spacial score (nSPS) is 10.5. The summed E-state index contributed by atoms with van der Waals surface area (Å²) in [4.78, 5) is 15.6. The monoisotopic (exact) mass is 253 g/mol. The maximum Gasteiger partial charge on any atom is 0.312 e. The lowest BCUT2D eigenvalue weighted by Gasteiger charge is -2.01. The Balaban J connectivity index is 1.74. The van der Waals surface area contributed by atoms with E-state index in [-0.39, 0.29) is 19.0 Å². The van der Waals surface area contributed by atoms with Gasteiger partial charge in [0.2, 0.25) is 0 Å². The molecule has 3 heteroatoms. The Kier molecular flexibility index (Phi) is 4.87. The molecule has 0 aliphatic heterocycles. The molecular weight excluding hydrogens is 238 g/mol. The smallest absolute Gasteiger partial charge is 0.312 e. The Morgan fingerprint density at radius 2 is 1.89 bits per heavy atom. The van der Waals surface area contributed by atoms with Crippen LogP contribution in [0.4, 0.5) is 0 Å². The lowest BCUT2D eigenvalue weighted by molar-refractivity contribution is -0.141. The van der Waals surface area contributed by atoms with Crippen LogP contribution in [-0.2, 0) is 16.0 Å². The molecule has 2 aromatic rings. The number of carbonyl (C=O) groups excluding carboxylic acids is 1. The number of hydrogen-bond donors (Lipinski definition) is 0. The summed E-state index contributed by atoms with van der Waals surface area (Å²) in [5, 5.41) is 0. The molecule has 1 heterocycles. The third-order valence-electron chi connectivity index (χ3n) is 2.50. The van der Waals surface area contributed by atoms with Crippen LogP contribution < -0.4 is 0 Å². The van der Waals surface area contributed by atoms with Gasteiger partial charge in [-0.1, -0.05) is 42.5 Å². The van der Waals surface area contributed by atoms with Crippen molar-refractivity contribution in [2.45, 2.75) is 6.42 Å². The SMILES string of the molecule is O=C(Cc1ccccn1)OC/C=C/c1ccccc1. The van der Waals surface area contributed by atoms with Gasteiger partial charge in [-0.3, -0.25) is 9.78 Å². The van der Waals surface area contributed by atoms with E-state index >= 15 is 0 Å². The molecule has 0 N–H and O–H groups in total. The lowest BCUT2D eigenvalue weighted by Crippen LogP contribution is -2.08. The van der Waals surface area contributed by atoms with Crippen LogP contribution in [0.15, 0.2) is 60.8 Å². The zero-order valence-corrected chi connectivity index (χ0v) is 10.5. The molecule has 2 rings (SSSR count). The van der Waals surface area contributed by atoms with Crippen molar-refractivity contribution < 1.29 is 9.53 Å². The Bertz CT molecular complexity index is 535. The minimum absolute atomic E-state index is 0.208. The molecule has 0 spiro atoms. The average Bonchev–Trinajstić information content (AvgIpc) is 2.46. The van der Waals surface area contributed by atoms with E-state index < -0.39 is 0 Å². The van der Waals surface area contributed by atoms with Crippen molar-refractivity contribution in [2.75, 3.05) is 6.61 Å². The van der Waals surface area contributed by atoms with Crippen molar-refractivity contribution in [3.8, 4) is 0 Å². The summed E-state index contributed by atoms with van der Waals surface area (Å²) in [6, 6.07) is 15.4. The van der Waals surface area contributed by atoms with Gasteiger partial charge >= 0.3 is 5.97 Å². The second kappa shape index (κ2) is 7.11. The number of hydrogen-bond acceptors (Lipinski definition) is 3. The first-order valence-electron chi connectivity index (χ1n) is 6.12. The summed E-state index contributed by atoms with van der Waals surface area (Å²) in [5.74, 6) is -0.267. The summed E-state index contributed by atoms with van der Waals surface area (Å²) >= 11 is 0. The molecule has 0 radical (unpaired) electrons. The maximum atomic E-state index is 11.5. The minimum atomic E-state index is -0.267. The van der Waals surface area contributed by atoms with Gasteiger partial charge in [-0.15, -0.1) is 0 Å². The molecule has 96 valence electrons. The van der Waals surface area contributed by atoms with Crippen LogP contribution in [0.5, 0.6) is 0 Å². The van der Waals surface area contributed by atoms with Crippen LogP contribution >= 0.6 is 0 Å². The van der Waals surface area contributed by atoms with Crippen LogP contribution in [0.1, 0.15) is 11.3 Å². The molecule has 0 atom stereocenters. The van der Waals surface area contributed by atoms with Crippen LogP contribution in [0.3, 0.4) is 0 Å². The molecule has 0 aliphatic carbocycles. The topological polar surface area (TPSA) is 39.2 Å². The zero-order chi connectivity index (χ0) is 13.3. The van der Waals surface area contributed by atoms with E-state index in [0.717, 1.165) is 11.3 Å². The van der Waals surface area contributed by atoms with Gasteiger partial charge in [0.05, 0.1) is 12.1 Å². The Morgan fingerprint density at radius 1 is 1.11 bits per heavy atom. The zero-order valence-electron chi connectivity index (χ0n) is 10.5. The molecule has 0 bridgehead atoms. The first kappa shape index (κ1) is 13.0. The van der Waals surface area contributed by atoms with Gasteiger partial charge in [0.25, 0.3) is 0 Å². The number of nitrogens with zero attached hydrogens (tertiary/aromatic N) is 1. The summed E-state index contributed by atoms with van der Waals surface area (Å²) in [6.45, 7) is 0.278. The Morgan fingerprint density at radius 3 is 2.63 bits per heavy atom. The molecular formula is C16H15NO2. The molecule has 3 nitrogen and oxygen atoms in total. The second-order valence-electron chi connectivity index (χ2n) is 3.99. The fraction of sp³-hybridized carbons (Fsp3) is 0.125. The maximum absolute atomic E-state index is 11.5. The van der Waals surface area contributed by atoms with Crippen LogP contribution in [0.25, 0.3) is 6.08 Å². The van der Waals surface area contributed by atoms with E-state index in [1.807, 2.05) is 54.6 Å². The van der Waals surface area contributed by atoms with Crippen molar-refractivity contribution in [3.63, 3.8) is 0 Å². The van der Waals surface area contributed by atoms with Crippen LogP contribution in [-0.4, -0.2) is 17.6 Å². The first-order valence-corrected chi connectivity index (χ1v) is 6.12. The fourth-order valence-corrected chi connectivity index (χ4v) is 1.59. The second-order valence-corrected chi connectivity index (χ2v) is 3.99. The van der Waals surface area contributed by atoms with Crippen LogP contribution in [0, 0.1) is 0 Å². The standard InChI is InChI=1S/C16H15NO2/c18-16(13-15-10-4-5-11-17-15)19-12-6-9-14-7-2-1-3-8-14/h1-11H,12-13H2/b9-6+. The lowest BCUT2D eigenvalue weighted by atomic mass is 10.2. The molecule has 1 aromatic carbocycles. The molecule has 0 aliphatic rings. The van der Waals surface area contributed by atoms with Gasteiger partial charge in [0, 0.05) is 6.20 Å².